The summed E-state index contributed by atoms with van der Waals surface area (Å²) < 4.78 is 24.8. The number of benzene rings is 1. The number of rotatable bonds is 4. The Morgan fingerprint density at radius 3 is 2.19 bits per heavy atom. The van der Waals surface area contributed by atoms with Gasteiger partial charge < -0.3 is 0 Å². The summed E-state index contributed by atoms with van der Waals surface area (Å²) in [7, 11) is -3.74. The van der Waals surface area contributed by atoms with E-state index >= 15 is 0 Å². The van der Waals surface area contributed by atoms with Gasteiger partial charge in [0.2, 0.25) is 10.0 Å². The summed E-state index contributed by atoms with van der Waals surface area (Å²) in [6.07, 6.45) is 0. The third kappa shape index (κ3) is 3.33. The molecule has 2 rings (SSSR count). The Hall–Kier alpha value is -1.66. The maximum absolute atomic E-state index is 11.6. The molecule has 0 fully saturated rings. The molecule has 0 spiro atoms. The van der Waals surface area contributed by atoms with E-state index in [9.17, 15) is 8.42 Å². The number of nitrogens with two attached hydrogens (primary N) is 1. The first kappa shape index (κ1) is 15.7. The lowest BCUT2D eigenvalue weighted by Crippen LogP contribution is -2.14. The zero-order chi connectivity index (χ0) is 15.8. The molecule has 2 aromatic rings. The van der Waals surface area contributed by atoms with Gasteiger partial charge in [0.25, 0.3) is 0 Å². The van der Waals surface area contributed by atoms with Crippen molar-refractivity contribution in [2.45, 2.75) is 45.1 Å². The minimum absolute atomic E-state index is 0.126. The van der Waals surface area contributed by atoms with Gasteiger partial charge in [-0.1, -0.05) is 38.1 Å². The zero-order valence-corrected chi connectivity index (χ0v) is 13.6. The molecule has 0 aliphatic rings. The Balaban J connectivity index is 2.33. The molecular weight excluding hydrogens is 286 g/mol. The number of hydrogen-bond acceptors (Lipinski definition) is 3. The number of hydrogen-bond donors (Lipinski definition) is 1. The largest absolute Gasteiger partial charge is 0.264 e. The van der Waals surface area contributed by atoms with Gasteiger partial charge in [0.1, 0.15) is 4.90 Å². The molecule has 0 bridgehead atoms. The quantitative estimate of drug-likeness (QED) is 0.941. The molecule has 1 heterocycles. The van der Waals surface area contributed by atoms with Crippen LogP contribution in [0.25, 0.3) is 0 Å². The SMILES string of the molecule is Cc1nn(Cc2ccc(C(C)C)cc2)c(C)c1S(N)(=O)=O. The fourth-order valence-electron chi connectivity index (χ4n) is 2.43. The van der Waals surface area contributed by atoms with Crippen molar-refractivity contribution >= 4 is 10.0 Å². The normalized spacial score (nSPS) is 12.1. The van der Waals surface area contributed by atoms with Gasteiger partial charge >= 0.3 is 0 Å². The van der Waals surface area contributed by atoms with Crippen LogP contribution >= 0.6 is 0 Å². The van der Waals surface area contributed by atoms with Crippen LogP contribution in [-0.4, -0.2) is 18.2 Å². The molecule has 0 aliphatic heterocycles. The van der Waals surface area contributed by atoms with Crippen LogP contribution in [0.1, 0.15) is 42.3 Å². The molecule has 0 amide bonds. The van der Waals surface area contributed by atoms with Crippen molar-refractivity contribution in [2.24, 2.45) is 5.14 Å². The molecule has 1 aromatic carbocycles. The van der Waals surface area contributed by atoms with Gasteiger partial charge in [-0.25, -0.2) is 13.6 Å². The van der Waals surface area contributed by atoms with Crippen LogP contribution in [0.3, 0.4) is 0 Å². The molecule has 0 atom stereocenters. The monoisotopic (exact) mass is 307 g/mol. The smallest absolute Gasteiger partial charge is 0.241 e. The van der Waals surface area contributed by atoms with Crippen LogP contribution in [0.15, 0.2) is 29.2 Å². The van der Waals surface area contributed by atoms with Gasteiger partial charge in [0, 0.05) is 0 Å². The summed E-state index contributed by atoms with van der Waals surface area (Å²) in [6.45, 7) is 8.21. The highest BCUT2D eigenvalue weighted by Gasteiger charge is 2.20. The molecule has 0 radical (unpaired) electrons. The van der Waals surface area contributed by atoms with Gasteiger partial charge in [-0.2, -0.15) is 5.10 Å². The van der Waals surface area contributed by atoms with Crippen molar-refractivity contribution < 1.29 is 8.42 Å². The second kappa shape index (κ2) is 5.61. The molecule has 114 valence electrons. The van der Waals surface area contributed by atoms with E-state index in [-0.39, 0.29) is 4.90 Å². The van der Waals surface area contributed by atoms with E-state index in [1.54, 1.807) is 18.5 Å². The Bertz CT molecular complexity index is 744. The Morgan fingerprint density at radius 2 is 1.76 bits per heavy atom. The number of nitrogens with zero attached hydrogens (tertiary/aromatic N) is 2. The lowest BCUT2D eigenvalue weighted by molar-refractivity contribution is 0.595. The molecule has 0 saturated carbocycles. The van der Waals surface area contributed by atoms with E-state index in [1.165, 1.54) is 5.56 Å². The second-order valence-electron chi connectivity index (χ2n) is 5.60. The first-order valence-corrected chi connectivity index (χ1v) is 8.40. The number of aromatic nitrogens is 2. The summed E-state index contributed by atoms with van der Waals surface area (Å²) in [4.78, 5) is 0.126. The summed E-state index contributed by atoms with van der Waals surface area (Å²) >= 11 is 0. The lowest BCUT2D eigenvalue weighted by Gasteiger charge is -2.08. The lowest BCUT2D eigenvalue weighted by atomic mass is 10.0. The van der Waals surface area contributed by atoms with Crippen molar-refractivity contribution in [3.8, 4) is 0 Å². The van der Waals surface area contributed by atoms with Crippen molar-refractivity contribution in [1.82, 2.24) is 9.78 Å². The maximum atomic E-state index is 11.6. The molecule has 6 heteroatoms. The molecule has 0 saturated heterocycles. The van der Waals surface area contributed by atoms with E-state index in [0.29, 0.717) is 23.9 Å². The van der Waals surface area contributed by atoms with Gasteiger partial charge in [0.05, 0.1) is 17.9 Å². The number of aryl methyl sites for hydroxylation is 1. The average Bonchev–Trinajstić information content (AvgIpc) is 2.64. The number of sulfonamides is 1. The standard InChI is InChI=1S/C15H21N3O2S/c1-10(2)14-7-5-13(6-8-14)9-18-12(4)15(11(3)17-18)21(16,19)20/h5-8,10H,9H2,1-4H3,(H2,16,19,20). The first-order valence-electron chi connectivity index (χ1n) is 6.85. The fraction of sp³-hybridized carbons (Fsp3) is 0.400. The van der Waals surface area contributed by atoms with E-state index < -0.39 is 10.0 Å². The van der Waals surface area contributed by atoms with Crippen LogP contribution in [0.5, 0.6) is 0 Å². The van der Waals surface area contributed by atoms with E-state index in [0.717, 1.165) is 5.56 Å². The Morgan fingerprint density at radius 1 is 1.19 bits per heavy atom. The predicted octanol–water partition coefficient (Wildman–Crippen LogP) is 2.32. The van der Waals surface area contributed by atoms with Gasteiger partial charge in [-0.15, -0.1) is 0 Å². The summed E-state index contributed by atoms with van der Waals surface area (Å²) in [5.41, 5.74) is 3.36. The van der Waals surface area contributed by atoms with Crippen LogP contribution in [-0.2, 0) is 16.6 Å². The van der Waals surface area contributed by atoms with E-state index in [4.69, 9.17) is 5.14 Å². The second-order valence-corrected chi connectivity index (χ2v) is 7.10. The first-order chi connectivity index (χ1) is 9.70. The van der Waals surface area contributed by atoms with Crippen LogP contribution in [0, 0.1) is 13.8 Å². The molecule has 0 unspecified atom stereocenters. The maximum Gasteiger partial charge on any atom is 0.241 e. The van der Waals surface area contributed by atoms with E-state index in [2.05, 4.69) is 31.1 Å². The average molecular weight is 307 g/mol. The molecule has 2 N–H and O–H groups in total. The van der Waals surface area contributed by atoms with Crippen molar-refractivity contribution in [1.29, 1.82) is 0 Å². The molecule has 5 nitrogen and oxygen atoms in total. The Kier molecular flexibility index (Phi) is 4.20. The van der Waals surface area contributed by atoms with Crippen LogP contribution in [0.2, 0.25) is 0 Å². The minimum Gasteiger partial charge on any atom is -0.264 e. The van der Waals surface area contributed by atoms with Gasteiger partial charge in [-0.05, 0) is 30.9 Å². The highest BCUT2D eigenvalue weighted by atomic mass is 32.2. The van der Waals surface area contributed by atoms with Crippen molar-refractivity contribution in [2.75, 3.05) is 0 Å². The highest BCUT2D eigenvalue weighted by molar-refractivity contribution is 7.89. The molecule has 21 heavy (non-hydrogen) atoms. The van der Waals surface area contributed by atoms with Crippen molar-refractivity contribution in [3.63, 3.8) is 0 Å². The predicted molar refractivity (Wildman–Crippen MR) is 82.7 cm³/mol. The van der Waals surface area contributed by atoms with E-state index in [1.807, 2.05) is 12.1 Å². The third-order valence-electron chi connectivity index (χ3n) is 3.58. The van der Waals surface area contributed by atoms with Crippen molar-refractivity contribution in [3.05, 3.63) is 46.8 Å². The van der Waals surface area contributed by atoms with Gasteiger partial charge in [0.15, 0.2) is 0 Å². The summed E-state index contributed by atoms with van der Waals surface area (Å²) in [6, 6.07) is 8.27. The molecular formula is C15H21N3O2S. The topological polar surface area (TPSA) is 78.0 Å². The molecule has 1 aromatic heterocycles. The number of primary sulfonamides is 1. The third-order valence-corrected chi connectivity index (χ3v) is 4.74. The van der Waals surface area contributed by atoms with Crippen LogP contribution < -0.4 is 5.14 Å². The summed E-state index contributed by atoms with van der Waals surface area (Å²) in [5.74, 6) is 0.488. The van der Waals surface area contributed by atoms with Gasteiger partial charge in [-0.3, -0.25) is 4.68 Å². The molecule has 0 aliphatic carbocycles. The Labute approximate surface area is 125 Å². The fourth-order valence-corrected chi connectivity index (χ4v) is 3.40. The highest BCUT2D eigenvalue weighted by Crippen LogP contribution is 2.20. The van der Waals surface area contributed by atoms with Crippen LogP contribution in [0.4, 0.5) is 0 Å². The summed E-state index contributed by atoms with van der Waals surface area (Å²) in [5, 5.41) is 9.52. The zero-order valence-electron chi connectivity index (χ0n) is 12.8. The minimum atomic E-state index is -3.74.